The van der Waals surface area contributed by atoms with Gasteiger partial charge in [0.1, 0.15) is 11.9 Å². The van der Waals surface area contributed by atoms with Crippen molar-refractivity contribution in [2.75, 3.05) is 22.2 Å². The topological polar surface area (TPSA) is 124 Å². The number of nitrogens with zero attached hydrogens (tertiary/aromatic N) is 7. The molecule has 0 bridgehead atoms. The van der Waals surface area contributed by atoms with Crippen molar-refractivity contribution < 1.29 is 5.32 Å². The molecule has 322 valence electrons. The monoisotopic (exact) mass is 873 g/mol. The predicted octanol–water partition coefficient (Wildman–Crippen LogP) is 12.3. The van der Waals surface area contributed by atoms with Crippen molar-refractivity contribution in [3.63, 3.8) is 0 Å². The number of nitrogens with one attached hydrogen (secondary N) is 2. The number of hydrogen-bond acceptors (Lipinski definition) is 10. The molecule has 0 radical (unpaired) electrons. The smallest absolute Gasteiger partial charge is 0.249 e. The first-order valence-corrected chi connectivity index (χ1v) is 23.6. The maximum absolute atomic E-state index is 10.7. The average molecular weight is 874 g/mol. The second kappa shape index (κ2) is 17.9. The highest BCUT2D eigenvalue weighted by Gasteiger charge is 2.32. The number of para-hydroxylation sites is 2. The molecule has 10 nitrogen and oxygen atoms in total. The number of nitrogens with two attached hydrogens (primary N) is 1. The summed E-state index contributed by atoms with van der Waals surface area (Å²) in [6, 6.07) is 30.3. The van der Waals surface area contributed by atoms with E-state index in [1.807, 2.05) is 28.9 Å². The van der Waals surface area contributed by atoms with Crippen molar-refractivity contribution in [1.82, 2.24) is 24.7 Å². The molecule has 0 aliphatic rings. The molecule has 0 saturated heterocycles. The second-order valence-corrected chi connectivity index (χ2v) is 19.2. The third-order valence-electron chi connectivity index (χ3n) is 11.5. The molecule has 4 heterocycles. The Morgan fingerprint density at radius 3 is 1.86 bits per heavy atom. The fourth-order valence-electron chi connectivity index (χ4n) is 8.49. The largest absolute Gasteiger partial charge is 0.338 e. The van der Waals surface area contributed by atoms with Gasteiger partial charge in [0, 0.05) is 11.1 Å². The Balaban J connectivity index is 1.28. The number of rotatable bonds is 14. The summed E-state index contributed by atoms with van der Waals surface area (Å²) in [6.45, 7) is 22.0. The minimum atomic E-state index is -0.361. The normalized spacial score (nSPS) is 11.7. The summed E-state index contributed by atoms with van der Waals surface area (Å²) < 4.78 is 4.04. The summed E-state index contributed by atoms with van der Waals surface area (Å²) >= 11 is 3.26. The van der Waals surface area contributed by atoms with Crippen molar-refractivity contribution in [2.45, 2.75) is 100 Å². The van der Waals surface area contributed by atoms with Crippen molar-refractivity contribution in [1.29, 1.82) is 5.26 Å². The number of aromatic nitrogens is 5. The van der Waals surface area contributed by atoms with Crippen LogP contribution in [-0.4, -0.2) is 31.4 Å². The number of nitriles is 1. The van der Waals surface area contributed by atoms with Gasteiger partial charge in [-0.05, 0) is 105 Å². The molecule has 0 aliphatic heterocycles. The van der Waals surface area contributed by atoms with Crippen LogP contribution in [0.15, 0.2) is 78.9 Å². The zero-order chi connectivity index (χ0) is 44.6. The number of thiazole rings is 2. The van der Waals surface area contributed by atoms with Crippen molar-refractivity contribution in [2.24, 2.45) is 0 Å². The quantitative estimate of drug-likeness (QED) is 0.0923. The van der Waals surface area contributed by atoms with E-state index in [-0.39, 0.29) is 5.41 Å². The molecule has 0 amide bonds. The summed E-state index contributed by atoms with van der Waals surface area (Å²) in [7, 11) is 0. The molecule has 63 heavy (non-hydrogen) atoms. The SMILES string of the molecule is CCc1cc(C)cc(CC)c1Nc1nc(N(c2nc3ccccc3s2)c2c(CC)cc(C)cc2CC)cc(C)c1NC[NH2+]c1c(C#N)c(C(C)(C)C)nn1-c1nc2ccccc2s1. The fourth-order valence-corrected chi connectivity index (χ4v) is 10.4. The van der Waals surface area contributed by atoms with Crippen LogP contribution in [0, 0.1) is 32.1 Å². The van der Waals surface area contributed by atoms with Crippen LogP contribution in [0.5, 0.6) is 0 Å². The predicted molar refractivity (Wildman–Crippen MR) is 264 cm³/mol. The summed E-state index contributed by atoms with van der Waals surface area (Å²) in [4.78, 5) is 18.1. The number of benzene rings is 4. The molecule has 0 atom stereocenters. The van der Waals surface area contributed by atoms with Crippen LogP contribution in [0.25, 0.3) is 25.6 Å². The lowest BCUT2D eigenvalue weighted by Gasteiger charge is -2.28. The number of anilines is 6. The van der Waals surface area contributed by atoms with Crippen molar-refractivity contribution in [3.8, 4) is 11.2 Å². The number of quaternary nitrogens is 1. The minimum absolute atomic E-state index is 0.361. The van der Waals surface area contributed by atoms with E-state index in [9.17, 15) is 5.26 Å². The van der Waals surface area contributed by atoms with E-state index in [2.05, 4.69) is 151 Å². The van der Waals surface area contributed by atoms with E-state index in [0.717, 1.165) is 96.3 Å². The fraction of sp³-hybridized carbons (Fsp3) is 0.314. The van der Waals surface area contributed by atoms with Gasteiger partial charge >= 0.3 is 0 Å². The first-order chi connectivity index (χ1) is 30.3. The van der Waals surface area contributed by atoms with E-state index < -0.39 is 0 Å². The number of aryl methyl sites for hydroxylation is 7. The summed E-state index contributed by atoms with van der Waals surface area (Å²) in [5.41, 5.74) is 14.4. The van der Waals surface area contributed by atoms with Gasteiger partial charge in [0.05, 0.1) is 37.5 Å². The number of pyridine rings is 1. The lowest BCUT2D eigenvalue weighted by molar-refractivity contribution is -0.570. The van der Waals surface area contributed by atoms with Crippen LogP contribution >= 0.6 is 22.7 Å². The molecular formula is C51H57N10S2+. The lowest BCUT2D eigenvalue weighted by Crippen LogP contribution is -2.81. The Kier molecular flexibility index (Phi) is 12.4. The van der Waals surface area contributed by atoms with Crippen LogP contribution in [0.2, 0.25) is 0 Å². The zero-order valence-corrected chi connectivity index (χ0v) is 39.7. The third-order valence-corrected chi connectivity index (χ3v) is 13.6. The molecule has 0 saturated carbocycles. The first-order valence-electron chi connectivity index (χ1n) is 22.0. The molecule has 4 aromatic carbocycles. The molecule has 0 spiro atoms. The van der Waals surface area contributed by atoms with E-state index >= 15 is 0 Å². The van der Waals surface area contributed by atoms with E-state index in [1.54, 1.807) is 22.7 Å². The molecule has 4 aromatic heterocycles. The van der Waals surface area contributed by atoms with Crippen LogP contribution < -0.4 is 20.9 Å². The zero-order valence-electron chi connectivity index (χ0n) is 38.1. The van der Waals surface area contributed by atoms with Gasteiger partial charge in [0.2, 0.25) is 10.9 Å². The number of fused-ring (bicyclic) bond motifs is 2. The Hall–Kier alpha value is -6.13. The Labute approximate surface area is 379 Å². The highest BCUT2D eigenvalue weighted by Crippen LogP contribution is 2.45. The summed E-state index contributed by atoms with van der Waals surface area (Å²) in [5.74, 6) is 2.22. The second-order valence-electron chi connectivity index (χ2n) is 17.2. The first kappa shape index (κ1) is 43.5. The molecule has 0 aliphatic carbocycles. The molecule has 0 unspecified atom stereocenters. The average Bonchev–Trinajstić information content (AvgIpc) is 4.00. The standard InChI is InChI=1S/C51H56N10S2/c1-11-33-23-30(5)24-34(12-2)44(33)58-47-43(53-29-54-48-37(28-52)46(51(8,9)10)59-61(48)50-56-39-20-16-18-22-41(39)63-50)32(7)27-42(57-47)60(49-55-38-19-15-17-21-40(38)62-49)45-35(13-3)25-31(6)26-36(45)14-4/h15-27,53-54H,11-14,29H2,1-10H3,(H,57,58)/p+1. The summed E-state index contributed by atoms with van der Waals surface area (Å²) in [5, 5.41) is 27.1. The van der Waals surface area contributed by atoms with E-state index in [4.69, 9.17) is 20.1 Å². The van der Waals surface area contributed by atoms with Crippen molar-refractivity contribution in [3.05, 3.63) is 129 Å². The highest BCUT2D eigenvalue weighted by molar-refractivity contribution is 7.22. The maximum Gasteiger partial charge on any atom is 0.249 e. The van der Waals surface area contributed by atoms with Crippen LogP contribution in [0.3, 0.4) is 0 Å². The molecule has 4 N–H and O–H groups in total. The van der Waals surface area contributed by atoms with Crippen molar-refractivity contribution >= 4 is 82.8 Å². The van der Waals surface area contributed by atoms with E-state index in [1.165, 1.54) is 33.4 Å². The third kappa shape index (κ3) is 8.53. The van der Waals surface area contributed by atoms with Crippen LogP contribution in [0.1, 0.15) is 98.7 Å². The van der Waals surface area contributed by atoms with Gasteiger partial charge in [-0.2, -0.15) is 15.0 Å². The van der Waals surface area contributed by atoms with Crippen LogP contribution in [-0.2, 0) is 31.1 Å². The van der Waals surface area contributed by atoms with Gasteiger partial charge in [0.15, 0.2) is 23.2 Å². The highest BCUT2D eigenvalue weighted by atomic mass is 32.1. The molecule has 0 fully saturated rings. The van der Waals surface area contributed by atoms with Gasteiger partial charge in [-0.1, -0.05) is 131 Å². The molecular weight excluding hydrogens is 817 g/mol. The molecule has 8 aromatic rings. The molecule has 12 heteroatoms. The lowest BCUT2D eigenvalue weighted by atomic mass is 9.89. The van der Waals surface area contributed by atoms with Gasteiger partial charge < -0.3 is 10.6 Å². The minimum Gasteiger partial charge on any atom is -0.338 e. The Morgan fingerprint density at radius 1 is 0.730 bits per heavy atom. The van der Waals surface area contributed by atoms with Gasteiger partial charge in [-0.25, -0.2) is 15.0 Å². The van der Waals surface area contributed by atoms with E-state index in [0.29, 0.717) is 18.1 Å². The number of hydrogen-bond donors (Lipinski definition) is 3. The van der Waals surface area contributed by atoms with Gasteiger partial charge in [-0.3, -0.25) is 10.2 Å². The maximum atomic E-state index is 10.7. The van der Waals surface area contributed by atoms with Gasteiger partial charge in [0.25, 0.3) is 0 Å². The molecule has 8 rings (SSSR count). The Morgan fingerprint density at radius 2 is 1.30 bits per heavy atom. The van der Waals surface area contributed by atoms with Gasteiger partial charge in [-0.15, -0.1) is 0 Å². The Bertz CT molecular complexity index is 2900. The summed E-state index contributed by atoms with van der Waals surface area (Å²) in [6.07, 6.45) is 3.47. The van der Waals surface area contributed by atoms with Crippen LogP contribution in [0.4, 0.5) is 39.6 Å².